The number of nitrogens with zero attached hydrogens (tertiary/aromatic N) is 2. The number of ether oxygens (including phenoxy) is 2. The lowest BCUT2D eigenvalue weighted by molar-refractivity contribution is 0.0730. The number of rotatable bonds is 6. The molecule has 1 saturated heterocycles. The Bertz CT molecular complexity index is 926. The Hall–Kier alpha value is -2.16. The van der Waals surface area contributed by atoms with E-state index in [2.05, 4.69) is 0 Å². The first-order chi connectivity index (χ1) is 12.8. The first kappa shape index (κ1) is 19.6. The summed E-state index contributed by atoms with van der Waals surface area (Å²) in [4.78, 5) is 12.6. The molecular formula is C19H24N2O5S. The molecule has 0 radical (unpaired) electrons. The number of carbonyl (C=O) groups excluding carboxylic acids is 1. The minimum atomic E-state index is -3.53. The fourth-order valence-electron chi connectivity index (χ4n) is 3.01. The Morgan fingerprint density at radius 2 is 1.78 bits per heavy atom. The molecule has 2 heterocycles. The Morgan fingerprint density at radius 1 is 1.15 bits per heavy atom. The van der Waals surface area contributed by atoms with Crippen LogP contribution in [-0.4, -0.2) is 56.0 Å². The number of aromatic nitrogens is 1. The van der Waals surface area contributed by atoms with Gasteiger partial charge in [0.2, 0.25) is 15.8 Å². The molecule has 1 aliphatic rings. The van der Waals surface area contributed by atoms with Crippen molar-refractivity contribution in [2.45, 2.75) is 18.7 Å². The van der Waals surface area contributed by atoms with Gasteiger partial charge in [-0.1, -0.05) is 0 Å². The number of morpholine rings is 1. The van der Waals surface area contributed by atoms with Gasteiger partial charge in [0.1, 0.15) is 5.75 Å². The van der Waals surface area contributed by atoms with Crippen LogP contribution < -0.4 is 4.74 Å². The summed E-state index contributed by atoms with van der Waals surface area (Å²) in [6.07, 6.45) is 0. The van der Waals surface area contributed by atoms with Gasteiger partial charge in [-0.05, 0) is 44.2 Å². The number of carbonyl (C=O) groups is 1. The van der Waals surface area contributed by atoms with Crippen molar-refractivity contribution in [2.24, 2.45) is 7.05 Å². The molecular weight excluding hydrogens is 368 g/mol. The molecule has 0 amide bonds. The Labute approximate surface area is 159 Å². The van der Waals surface area contributed by atoms with Crippen molar-refractivity contribution in [3.8, 4) is 5.75 Å². The largest absolute Gasteiger partial charge is 0.485 e. The Balaban J connectivity index is 1.65. The summed E-state index contributed by atoms with van der Waals surface area (Å²) in [6.45, 7) is 5.25. The monoisotopic (exact) mass is 392 g/mol. The summed E-state index contributed by atoms with van der Waals surface area (Å²) in [6, 6.07) is 8.00. The number of sulfonamides is 1. The SMILES string of the molecule is Cc1cc(C(=O)COc2ccc(S(=O)(=O)N3CCOCC3)cc2)c(C)n1C. The first-order valence-electron chi connectivity index (χ1n) is 8.77. The van der Waals surface area contributed by atoms with Crippen molar-refractivity contribution in [2.75, 3.05) is 32.9 Å². The molecule has 0 N–H and O–H groups in total. The quantitative estimate of drug-likeness (QED) is 0.702. The normalized spacial score (nSPS) is 15.7. The van der Waals surface area contributed by atoms with Gasteiger partial charge in [0.15, 0.2) is 6.61 Å². The van der Waals surface area contributed by atoms with Crippen LogP contribution in [0, 0.1) is 13.8 Å². The molecule has 2 aromatic rings. The summed E-state index contributed by atoms with van der Waals surface area (Å²) >= 11 is 0. The summed E-state index contributed by atoms with van der Waals surface area (Å²) in [5.74, 6) is 0.343. The molecule has 1 aliphatic heterocycles. The number of Topliss-reactive ketones (excluding diaryl/α,β-unsaturated/α-hetero) is 1. The van der Waals surface area contributed by atoms with E-state index in [-0.39, 0.29) is 17.3 Å². The molecule has 1 aromatic carbocycles. The van der Waals surface area contributed by atoms with E-state index in [1.807, 2.05) is 31.5 Å². The Morgan fingerprint density at radius 3 is 2.33 bits per heavy atom. The molecule has 1 fully saturated rings. The second kappa shape index (κ2) is 7.84. The summed E-state index contributed by atoms with van der Waals surface area (Å²) in [7, 11) is -1.62. The fourth-order valence-corrected chi connectivity index (χ4v) is 4.42. The first-order valence-corrected chi connectivity index (χ1v) is 10.2. The third-order valence-electron chi connectivity index (χ3n) is 4.88. The van der Waals surface area contributed by atoms with Gasteiger partial charge in [0, 0.05) is 37.1 Å². The van der Waals surface area contributed by atoms with Crippen molar-refractivity contribution in [3.63, 3.8) is 0 Å². The van der Waals surface area contributed by atoms with E-state index in [0.29, 0.717) is 37.6 Å². The average Bonchev–Trinajstić information content (AvgIpc) is 2.94. The van der Waals surface area contributed by atoms with Gasteiger partial charge in [0.05, 0.1) is 18.1 Å². The van der Waals surface area contributed by atoms with E-state index in [9.17, 15) is 13.2 Å². The molecule has 27 heavy (non-hydrogen) atoms. The second-order valence-electron chi connectivity index (χ2n) is 6.54. The van der Waals surface area contributed by atoms with Crippen LogP contribution in [0.5, 0.6) is 5.75 Å². The zero-order valence-corrected chi connectivity index (χ0v) is 16.6. The van der Waals surface area contributed by atoms with E-state index in [1.165, 1.54) is 16.4 Å². The van der Waals surface area contributed by atoms with Crippen molar-refractivity contribution in [1.29, 1.82) is 0 Å². The third kappa shape index (κ3) is 4.07. The van der Waals surface area contributed by atoms with E-state index < -0.39 is 10.0 Å². The van der Waals surface area contributed by atoms with Gasteiger partial charge in [0.25, 0.3) is 0 Å². The van der Waals surface area contributed by atoms with Crippen LogP contribution >= 0.6 is 0 Å². The summed E-state index contributed by atoms with van der Waals surface area (Å²) in [5.41, 5.74) is 2.54. The molecule has 1 aromatic heterocycles. The van der Waals surface area contributed by atoms with Crippen LogP contribution in [0.15, 0.2) is 35.2 Å². The average molecular weight is 392 g/mol. The zero-order valence-electron chi connectivity index (χ0n) is 15.8. The lowest BCUT2D eigenvalue weighted by atomic mass is 10.1. The standard InChI is InChI=1S/C19H24N2O5S/c1-14-12-18(15(2)20(14)3)19(22)13-26-16-4-6-17(7-5-16)27(23,24)21-8-10-25-11-9-21/h4-7,12H,8-11,13H2,1-3H3. The minimum Gasteiger partial charge on any atom is -0.485 e. The highest BCUT2D eigenvalue weighted by Gasteiger charge is 2.26. The van der Waals surface area contributed by atoms with Gasteiger partial charge < -0.3 is 14.0 Å². The van der Waals surface area contributed by atoms with Crippen LogP contribution in [0.4, 0.5) is 0 Å². The van der Waals surface area contributed by atoms with Crippen LogP contribution in [0.3, 0.4) is 0 Å². The van der Waals surface area contributed by atoms with Crippen LogP contribution in [0.1, 0.15) is 21.7 Å². The molecule has 0 aliphatic carbocycles. The van der Waals surface area contributed by atoms with E-state index >= 15 is 0 Å². The van der Waals surface area contributed by atoms with Crippen molar-refractivity contribution < 1.29 is 22.7 Å². The van der Waals surface area contributed by atoms with Crippen LogP contribution in [0.2, 0.25) is 0 Å². The highest BCUT2D eigenvalue weighted by atomic mass is 32.2. The molecule has 0 atom stereocenters. The molecule has 3 rings (SSSR count). The topological polar surface area (TPSA) is 77.8 Å². The number of hydrogen-bond donors (Lipinski definition) is 0. The highest BCUT2D eigenvalue weighted by Crippen LogP contribution is 2.21. The lowest BCUT2D eigenvalue weighted by Gasteiger charge is -2.26. The smallest absolute Gasteiger partial charge is 0.243 e. The number of ketones is 1. The number of benzene rings is 1. The van der Waals surface area contributed by atoms with Crippen molar-refractivity contribution in [3.05, 3.63) is 47.3 Å². The maximum atomic E-state index is 12.6. The lowest BCUT2D eigenvalue weighted by Crippen LogP contribution is -2.40. The minimum absolute atomic E-state index is 0.0974. The maximum absolute atomic E-state index is 12.6. The van der Waals surface area contributed by atoms with Gasteiger partial charge in [-0.25, -0.2) is 8.42 Å². The van der Waals surface area contributed by atoms with E-state index in [1.54, 1.807) is 12.1 Å². The molecule has 8 heteroatoms. The molecule has 0 saturated carbocycles. The molecule has 0 bridgehead atoms. The van der Waals surface area contributed by atoms with Gasteiger partial charge in [-0.3, -0.25) is 4.79 Å². The zero-order chi connectivity index (χ0) is 19.6. The second-order valence-corrected chi connectivity index (χ2v) is 8.48. The van der Waals surface area contributed by atoms with E-state index in [0.717, 1.165) is 11.4 Å². The number of hydrogen-bond acceptors (Lipinski definition) is 5. The third-order valence-corrected chi connectivity index (χ3v) is 6.79. The van der Waals surface area contributed by atoms with Gasteiger partial charge in [-0.2, -0.15) is 4.31 Å². The maximum Gasteiger partial charge on any atom is 0.243 e. The van der Waals surface area contributed by atoms with Gasteiger partial charge >= 0.3 is 0 Å². The summed E-state index contributed by atoms with van der Waals surface area (Å²) < 4.78 is 39.3. The van der Waals surface area contributed by atoms with E-state index in [4.69, 9.17) is 9.47 Å². The predicted molar refractivity (Wildman–Crippen MR) is 101 cm³/mol. The van der Waals surface area contributed by atoms with Crippen molar-refractivity contribution in [1.82, 2.24) is 8.87 Å². The number of aryl methyl sites for hydroxylation is 1. The highest BCUT2D eigenvalue weighted by molar-refractivity contribution is 7.89. The molecule has 0 unspecified atom stereocenters. The molecule has 7 nitrogen and oxygen atoms in total. The van der Waals surface area contributed by atoms with Crippen LogP contribution in [0.25, 0.3) is 0 Å². The van der Waals surface area contributed by atoms with Crippen LogP contribution in [-0.2, 0) is 21.8 Å². The molecule has 146 valence electrons. The van der Waals surface area contributed by atoms with Gasteiger partial charge in [-0.15, -0.1) is 0 Å². The predicted octanol–water partition coefficient (Wildman–Crippen LogP) is 1.92. The Kier molecular flexibility index (Phi) is 5.69. The van der Waals surface area contributed by atoms with Crippen molar-refractivity contribution >= 4 is 15.8 Å². The molecule has 0 spiro atoms. The fraction of sp³-hybridized carbons (Fsp3) is 0.421. The summed E-state index contributed by atoms with van der Waals surface area (Å²) in [5, 5.41) is 0.